The second-order valence-electron chi connectivity index (χ2n) is 5.26. The molecule has 1 aliphatic rings. The summed E-state index contributed by atoms with van der Waals surface area (Å²) in [6.45, 7) is 3.09. The van der Waals surface area contributed by atoms with Crippen LogP contribution in [0.2, 0.25) is 0 Å². The van der Waals surface area contributed by atoms with Crippen molar-refractivity contribution >= 4 is 22.6 Å². The summed E-state index contributed by atoms with van der Waals surface area (Å²) in [5.74, 6) is 5.73. The Bertz CT molecular complexity index is 405. The molecule has 1 aliphatic heterocycles. The van der Waals surface area contributed by atoms with Gasteiger partial charge in [-0.1, -0.05) is 18.2 Å². The standard InChI is InChI=1S/C15H23IN2O/c1-11-5-2-8-13(15(11)16)14(18-17)9-3-6-12-7-4-10-19-12/h2,5,8,12,14,18H,3-4,6-7,9-10,17H2,1H3. The first-order valence-corrected chi connectivity index (χ1v) is 8.13. The first kappa shape index (κ1) is 15.2. The lowest BCUT2D eigenvalue weighted by Crippen LogP contribution is -2.29. The number of nitrogens with two attached hydrogens (primary N) is 1. The first-order chi connectivity index (χ1) is 9.22. The monoisotopic (exact) mass is 374 g/mol. The van der Waals surface area contributed by atoms with Gasteiger partial charge in [0, 0.05) is 16.2 Å². The zero-order valence-corrected chi connectivity index (χ0v) is 13.7. The SMILES string of the molecule is Cc1cccc(C(CCCC2CCCO2)NN)c1I. The summed E-state index contributed by atoms with van der Waals surface area (Å²) >= 11 is 2.41. The second kappa shape index (κ2) is 7.57. The third kappa shape index (κ3) is 4.15. The lowest BCUT2D eigenvalue weighted by atomic mass is 9.98. The van der Waals surface area contributed by atoms with Crippen LogP contribution < -0.4 is 11.3 Å². The zero-order valence-electron chi connectivity index (χ0n) is 11.5. The Kier molecular flexibility index (Phi) is 6.06. The van der Waals surface area contributed by atoms with Gasteiger partial charge in [0.1, 0.15) is 0 Å². The summed E-state index contributed by atoms with van der Waals surface area (Å²) in [4.78, 5) is 0. The van der Waals surface area contributed by atoms with Gasteiger partial charge in [0.2, 0.25) is 0 Å². The van der Waals surface area contributed by atoms with Crippen LogP contribution in [0.25, 0.3) is 0 Å². The molecule has 3 N–H and O–H groups in total. The van der Waals surface area contributed by atoms with Crippen molar-refractivity contribution in [1.82, 2.24) is 5.43 Å². The van der Waals surface area contributed by atoms with Gasteiger partial charge in [-0.15, -0.1) is 0 Å². The number of aryl methyl sites for hydroxylation is 1. The quantitative estimate of drug-likeness (QED) is 0.456. The number of benzene rings is 1. The van der Waals surface area contributed by atoms with Crippen molar-refractivity contribution in [2.45, 2.75) is 51.2 Å². The maximum atomic E-state index is 5.73. The fourth-order valence-electron chi connectivity index (χ4n) is 2.69. The van der Waals surface area contributed by atoms with Crippen molar-refractivity contribution in [3.05, 3.63) is 32.9 Å². The molecule has 106 valence electrons. The van der Waals surface area contributed by atoms with Crippen LogP contribution in [0.5, 0.6) is 0 Å². The van der Waals surface area contributed by atoms with E-state index in [2.05, 4.69) is 53.1 Å². The molecule has 1 saturated heterocycles. The average molecular weight is 374 g/mol. The van der Waals surface area contributed by atoms with Crippen molar-refractivity contribution in [3.63, 3.8) is 0 Å². The molecule has 3 nitrogen and oxygen atoms in total. The van der Waals surface area contributed by atoms with E-state index in [-0.39, 0.29) is 6.04 Å². The number of rotatable bonds is 6. The van der Waals surface area contributed by atoms with Crippen LogP contribution in [0.3, 0.4) is 0 Å². The van der Waals surface area contributed by atoms with Crippen molar-refractivity contribution in [1.29, 1.82) is 0 Å². The van der Waals surface area contributed by atoms with E-state index in [4.69, 9.17) is 10.6 Å². The third-order valence-electron chi connectivity index (χ3n) is 3.84. The van der Waals surface area contributed by atoms with Gasteiger partial charge < -0.3 is 4.74 Å². The van der Waals surface area contributed by atoms with E-state index in [9.17, 15) is 0 Å². The van der Waals surface area contributed by atoms with Crippen LogP contribution in [-0.2, 0) is 4.74 Å². The van der Waals surface area contributed by atoms with Gasteiger partial charge in [-0.05, 0) is 72.7 Å². The summed E-state index contributed by atoms with van der Waals surface area (Å²) in [7, 11) is 0. The molecule has 1 aromatic rings. The molecular weight excluding hydrogens is 351 g/mol. The predicted octanol–water partition coefficient (Wildman–Crippen LogP) is 3.45. The number of hydrogen-bond donors (Lipinski definition) is 2. The minimum absolute atomic E-state index is 0.244. The van der Waals surface area contributed by atoms with E-state index in [1.165, 1.54) is 27.5 Å². The molecule has 0 bridgehead atoms. The van der Waals surface area contributed by atoms with Crippen LogP contribution in [0.15, 0.2) is 18.2 Å². The maximum absolute atomic E-state index is 5.73. The molecular formula is C15H23IN2O. The van der Waals surface area contributed by atoms with E-state index in [0.717, 1.165) is 25.9 Å². The van der Waals surface area contributed by atoms with Crippen molar-refractivity contribution < 1.29 is 4.74 Å². The highest BCUT2D eigenvalue weighted by molar-refractivity contribution is 14.1. The van der Waals surface area contributed by atoms with E-state index >= 15 is 0 Å². The largest absolute Gasteiger partial charge is 0.378 e. The van der Waals surface area contributed by atoms with Gasteiger partial charge in [-0.25, -0.2) is 0 Å². The zero-order chi connectivity index (χ0) is 13.7. The Morgan fingerprint density at radius 3 is 3.05 bits per heavy atom. The van der Waals surface area contributed by atoms with Gasteiger partial charge in [-0.2, -0.15) is 0 Å². The average Bonchev–Trinajstić information content (AvgIpc) is 2.92. The first-order valence-electron chi connectivity index (χ1n) is 7.05. The molecule has 2 unspecified atom stereocenters. The molecule has 1 heterocycles. The molecule has 2 rings (SSSR count). The third-order valence-corrected chi connectivity index (χ3v) is 5.31. The summed E-state index contributed by atoms with van der Waals surface area (Å²) in [5.41, 5.74) is 5.60. The van der Waals surface area contributed by atoms with Crippen molar-refractivity contribution in [2.75, 3.05) is 6.61 Å². The normalized spacial score (nSPS) is 20.7. The van der Waals surface area contributed by atoms with E-state index in [1.807, 2.05) is 0 Å². The lowest BCUT2D eigenvalue weighted by Gasteiger charge is -2.19. The van der Waals surface area contributed by atoms with E-state index in [0.29, 0.717) is 6.10 Å². The molecule has 0 spiro atoms. The van der Waals surface area contributed by atoms with Gasteiger partial charge in [0.05, 0.1) is 6.10 Å². The summed E-state index contributed by atoms with van der Waals surface area (Å²) in [6.07, 6.45) is 6.30. The topological polar surface area (TPSA) is 47.3 Å². The molecule has 1 aromatic carbocycles. The fourth-order valence-corrected chi connectivity index (χ4v) is 3.42. The van der Waals surface area contributed by atoms with Crippen LogP contribution >= 0.6 is 22.6 Å². The van der Waals surface area contributed by atoms with Gasteiger partial charge >= 0.3 is 0 Å². The van der Waals surface area contributed by atoms with Crippen LogP contribution in [0.1, 0.15) is 49.3 Å². The van der Waals surface area contributed by atoms with E-state index < -0.39 is 0 Å². The van der Waals surface area contributed by atoms with Gasteiger partial charge in [0.25, 0.3) is 0 Å². The molecule has 0 amide bonds. The van der Waals surface area contributed by atoms with Gasteiger partial charge in [0.15, 0.2) is 0 Å². The number of nitrogens with one attached hydrogen (secondary N) is 1. The van der Waals surface area contributed by atoms with E-state index in [1.54, 1.807) is 0 Å². The Balaban J connectivity index is 1.90. The number of ether oxygens (including phenoxy) is 1. The highest BCUT2D eigenvalue weighted by Gasteiger charge is 2.17. The molecule has 19 heavy (non-hydrogen) atoms. The Labute approximate surface area is 129 Å². The highest BCUT2D eigenvalue weighted by atomic mass is 127. The van der Waals surface area contributed by atoms with Gasteiger partial charge in [-0.3, -0.25) is 11.3 Å². The molecule has 2 atom stereocenters. The van der Waals surface area contributed by atoms with Crippen molar-refractivity contribution in [2.24, 2.45) is 5.84 Å². The summed E-state index contributed by atoms with van der Waals surface area (Å²) in [5, 5.41) is 0. The van der Waals surface area contributed by atoms with Crippen molar-refractivity contribution in [3.8, 4) is 0 Å². The van der Waals surface area contributed by atoms with Crippen LogP contribution in [0, 0.1) is 10.5 Å². The fraction of sp³-hybridized carbons (Fsp3) is 0.600. The maximum Gasteiger partial charge on any atom is 0.0576 e. The molecule has 4 heteroatoms. The highest BCUT2D eigenvalue weighted by Crippen LogP contribution is 2.27. The number of halogens is 1. The van der Waals surface area contributed by atoms with Crippen LogP contribution in [0.4, 0.5) is 0 Å². The number of hydrazine groups is 1. The number of hydrogen-bond acceptors (Lipinski definition) is 3. The Hall–Kier alpha value is -0.170. The summed E-state index contributed by atoms with van der Waals surface area (Å²) in [6, 6.07) is 6.67. The summed E-state index contributed by atoms with van der Waals surface area (Å²) < 4.78 is 6.98. The second-order valence-corrected chi connectivity index (χ2v) is 6.34. The van der Waals surface area contributed by atoms with Crippen LogP contribution in [-0.4, -0.2) is 12.7 Å². The molecule has 0 aliphatic carbocycles. The molecule has 0 saturated carbocycles. The smallest absolute Gasteiger partial charge is 0.0576 e. The Morgan fingerprint density at radius 2 is 2.37 bits per heavy atom. The molecule has 0 radical (unpaired) electrons. The lowest BCUT2D eigenvalue weighted by molar-refractivity contribution is 0.101. The molecule has 0 aromatic heterocycles. The molecule has 1 fully saturated rings. The minimum atomic E-state index is 0.244. The minimum Gasteiger partial charge on any atom is -0.378 e. The Morgan fingerprint density at radius 1 is 1.53 bits per heavy atom. The predicted molar refractivity (Wildman–Crippen MR) is 86.8 cm³/mol.